The second kappa shape index (κ2) is 11.3. The highest BCUT2D eigenvalue weighted by Crippen LogP contribution is 2.22. The summed E-state index contributed by atoms with van der Waals surface area (Å²) in [6.07, 6.45) is -0.186. The zero-order valence-electron chi connectivity index (χ0n) is 17.6. The van der Waals surface area contributed by atoms with Gasteiger partial charge in [-0.05, 0) is 60.7 Å². The Balaban J connectivity index is 1.38. The van der Waals surface area contributed by atoms with Crippen LogP contribution in [0.5, 0.6) is 17.2 Å². The number of ketones is 1. The van der Waals surface area contributed by atoms with Crippen molar-refractivity contribution in [3.63, 3.8) is 0 Å². The smallest absolute Gasteiger partial charge is 0.306 e. The van der Waals surface area contributed by atoms with Crippen molar-refractivity contribution in [1.82, 2.24) is 0 Å². The molecule has 7 heteroatoms. The predicted molar refractivity (Wildman–Crippen MR) is 119 cm³/mol. The summed E-state index contributed by atoms with van der Waals surface area (Å²) in [7, 11) is 1.53. The highest BCUT2D eigenvalue weighted by atomic mass is 16.5. The quantitative estimate of drug-likeness (QED) is 0.370. The summed E-state index contributed by atoms with van der Waals surface area (Å²) in [5.74, 6) is 0.701. The van der Waals surface area contributed by atoms with E-state index in [1.54, 1.807) is 48.5 Å². The van der Waals surface area contributed by atoms with E-state index in [-0.39, 0.29) is 31.1 Å². The van der Waals surface area contributed by atoms with E-state index in [4.69, 9.17) is 14.2 Å². The molecule has 0 spiro atoms. The second-order valence-corrected chi connectivity index (χ2v) is 6.80. The van der Waals surface area contributed by atoms with E-state index in [2.05, 4.69) is 5.32 Å². The molecule has 3 rings (SSSR count). The summed E-state index contributed by atoms with van der Waals surface area (Å²) >= 11 is 0. The van der Waals surface area contributed by atoms with Crippen LogP contribution >= 0.6 is 0 Å². The van der Waals surface area contributed by atoms with Crippen LogP contribution in [-0.2, 0) is 14.3 Å². The van der Waals surface area contributed by atoms with Crippen LogP contribution in [0.1, 0.15) is 23.2 Å². The third-order valence-electron chi connectivity index (χ3n) is 4.45. The van der Waals surface area contributed by atoms with Crippen molar-refractivity contribution >= 4 is 23.3 Å². The third kappa shape index (κ3) is 6.98. The van der Waals surface area contributed by atoms with E-state index in [0.717, 1.165) is 0 Å². The Kier molecular flexibility index (Phi) is 7.97. The van der Waals surface area contributed by atoms with E-state index in [1.807, 2.05) is 30.3 Å². The summed E-state index contributed by atoms with van der Waals surface area (Å²) < 4.78 is 15.7. The molecule has 1 amide bonds. The molecular formula is C25H23NO6. The molecule has 1 N–H and O–H groups in total. The van der Waals surface area contributed by atoms with Crippen molar-refractivity contribution in [2.45, 2.75) is 12.8 Å². The number of Topliss-reactive ketones (excluding diaryl/α,β-unsaturated/α-hetero) is 1. The summed E-state index contributed by atoms with van der Waals surface area (Å²) in [6.45, 7) is -0.379. The number of ether oxygens (including phenoxy) is 3. The topological polar surface area (TPSA) is 90.9 Å². The van der Waals surface area contributed by atoms with Gasteiger partial charge in [0.1, 0.15) is 17.2 Å². The van der Waals surface area contributed by atoms with Gasteiger partial charge in [0.25, 0.3) is 0 Å². The maximum atomic E-state index is 12.1. The fourth-order valence-corrected chi connectivity index (χ4v) is 2.75. The van der Waals surface area contributed by atoms with Gasteiger partial charge in [0, 0.05) is 17.7 Å². The fraction of sp³-hybridized carbons (Fsp3) is 0.160. The Morgan fingerprint density at radius 2 is 1.38 bits per heavy atom. The number of anilines is 1. The first-order valence-corrected chi connectivity index (χ1v) is 9.99. The summed E-state index contributed by atoms with van der Waals surface area (Å²) in [5, 5.41) is 2.71. The largest absolute Gasteiger partial charge is 0.497 e. The first-order valence-electron chi connectivity index (χ1n) is 9.99. The van der Waals surface area contributed by atoms with Gasteiger partial charge < -0.3 is 19.5 Å². The Bertz CT molecular complexity index is 1050. The monoisotopic (exact) mass is 433 g/mol. The van der Waals surface area contributed by atoms with Crippen LogP contribution in [0.4, 0.5) is 5.69 Å². The van der Waals surface area contributed by atoms with E-state index in [1.165, 1.54) is 7.11 Å². The minimum Gasteiger partial charge on any atom is -0.497 e. The number of methoxy groups -OCH3 is 1. The minimum atomic E-state index is -0.617. The highest BCUT2D eigenvalue weighted by Gasteiger charge is 2.12. The first kappa shape index (κ1) is 22.6. The maximum absolute atomic E-state index is 12.1. The predicted octanol–water partition coefficient (Wildman–Crippen LogP) is 4.63. The van der Waals surface area contributed by atoms with Crippen LogP contribution in [0.3, 0.4) is 0 Å². The number of para-hydroxylation sites is 1. The molecular weight excluding hydrogens is 410 g/mol. The number of hydrogen-bond donors (Lipinski definition) is 1. The zero-order valence-corrected chi connectivity index (χ0v) is 17.6. The number of amides is 1. The van der Waals surface area contributed by atoms with Crippen molar-refractivity contribution in [1.29, 1.82) is 0 Å². The van der Waals surface area contributed by atoms with Gasteiger partial charge in [-0.25, -0.2) is 0 Å². The van der Waals surface area contributed by atoms with Crippen LogP contribution in [0, 0.1) is 0 Å². The van der Waals surface area contributed by atoms with Gasteiger partial charge in [-0.2, -0.15) is 0 Å². The minimum absolute atomic E-state index is 0.0577. The van der Waals surface area contributed by atoms with Gasteiger partial charge in [0.15, 0.2) is 12.4 Å². The van der Waals surface area contributed by atoms with Gasteiger partial charge in [-0.15, -0.1) is 0 Å². The molecule has 0 atom stereocenters. The van der Waals surface area contributed by atoms with Gasteiger partial charge in [0.2, 0.25) is 5.91 Å². The van der Waals surface area contributed by atoms with Gasteiger partial charge in [0.05, 0.1) is 13.5 Å². The fourth-order valence-electron chi connectivity index (χ4n) is 2.75. The number of rotatable bonds is 10. The van der Waals surface area contributed by atoms with Crippen molar-refractivity contribution in [2.75, 3.05) is 19.0 Å². The molecule has 0 heterocycles. The first-order chi connectivity index (χ1) is 15.5. The standard InChI is InChI=1S/C25H23NO6/c1-30-20-11-7-18(8-12-20)23(27)17-31-25(29)16-15-24(28)26-19-9-13-22(14-10-19)32-21-5-3-2-4-6-21/h2-14H,15-17H2,1H3,(H,26,28). The van der Waals surface area contributed by atoms with Crippen LogP contribution in [0.15, 0.2) is 78.9 Å². The molecule has 0 saturated carbocycles. The van der Waals surface area contributed by atoms with E-state index in [0.29, 0.717) is 28.5 Å². The molecule has 0 unspecified atom stereocenters. The van der Waals surface area contributed by atoms with Crippen LogP contribution in [0.25, 0.3) is 0 Å². The molecule has 164 valence electrons. The number of nitrogens with one attached hydrogen (secondary N) is 1. The molecule has 0 fully saturated rings. The van der Waals surface area contributed by atoms with Crippen molar-refractivity contribution < 1.29 is 28.6 Å². The second-order valence-electron chi connectivity index (χ2n) is 6.80. The normalized spacial score (nSPS) is 10.2. The summed E-state index contributed by atoms with van der Waals surface area (Å²) in [5.41, 5.74) is 0.995. The molecule has 0 aromatic heterocycles. The Labute approximate surface area is 185 Å². The van der Waals surface area contributed by atoms with Crippen molar-refractivity contribution in [3.05, 3.63) is 84.4 Å². The average molecular weight is 433 g/mol. The molecule has 0 radical (unpaired) electrons. The van der Waals surface area contributed by atoms with Crippen LogP contribution < -0.4 is 14.8 Å². The lowest BCUT2D eigenvalue weighted by atomic mass is 10.1. The van der Waals surface area contributed by atoms with Gasteiger partial charge in [-0.1, -0.05) is 18.2 Å². The molecule has 3 aromatic carbocycles. The molecule has 0 aliphatic heterocycles. The Hall–Kier alpha value is -4.13. The third-order valence-corrected chi connectivity index (χ3v) is 4.45. The number of carbonyl (C=O) groups is 3. The van der Waals surface area contributed by atoms with E-state index < -0.39 is 5.97 Å². The number of carbonyl (C=O) groups excluding carboxylic acids is 3. The van der Waals surface area contributed by atoms with Crippen LogP contribution in [-0.4, -0.2) is 31.4 Å². The number of esters is 1. The van der Waals surface area contributed by atoms with Crippen molar-refractivity contribution in [2.24, 2.45) is 0 Å². The van der Waals surface area contributed by atoms with Gasteiger partial charge >= 0.3 is 5.97 Å². The number of hydrogen-bond acceptors (Lipinski definition) is 6. The number of benzene rings is 3. The Morgan fingerprint density at radius 1 is 0.750 bits per heavy atom. The van der Waals surface area contributed by atoms with E-state index >= 15 is 0 Å². The van der Waals surface area contributed by atoms with Crippen molar-refractivity contribution in [3.8, 4) is 17.2 Å². The molecule has 0 saturated heterocycles. The molecule has 7 nitrogen and oxygen atoms in total. The summed E-state index contributed by atoms with van der Waals surface area (Å²) in [6, 6.07) is 22.7. The zero-order chi connectivity index (χ0) is 22.8. The maximum Gasteiger partial charge on any atom is 0.306 e. The van der Waals surface area contributed by atoms with E-state index in [9.17, 15) is 14.4 Å². The molecule has 0 bridgehead atoms. The lowest BCUT2D eigenvalue weighted by Gasteiger charge is -2.08. The highest BCUT2D eigenvalue weighted by molar-refractivity contribution is 5.98. The lowest BCUT2D eigenvalue weighted by molar-refractivity contribution is -0.143. The SMILES string of the molecule is COc1ccc(C(=O)COC(=O)CCC(=O)Nc2ccc(Oc3ccccc3)cc2)cc1. The lowest BCUT2D eigenvalue weighted by Crippen LogP contribution is -2.17. The molecule has 0 aliphatic carbocycles. The van der Waals surface area contributed by atoms with Gasteiger partial charge in [-0.3, -0.25) is 14.4 Å². The van der Waals surface area contributed by atoms with Crippen LogP contribution in [0.2, 0.25) is 0 Å². The Morgan fingerprint density at radius 3 is 2.03 bits per heavy atom. The molecule has 32 heavy (non-hydrogen) atoms. The summed E-state index contributed by atoms with van der Waals surface area (Å²) in [4.78, 5) is 36.0. The molecule has 0 aliphatic rings. The average Bonchev–Trinajstić information content (AvgIpc) is 2.83. The molecule has 3 aromatic rings.